The van der Waals surface area contributed by atoms with Crippen LogP contribution in [0.1, 0.15) is 36.6 Å². The molecule has 3 rings (SSSR count). The summed E-state index contributed by atoms with van der Waals surface area (Å²) >= 11 is 0. The predicted molar refractivity (Wildman–Crippen MR) is 82.7 cm³/mol. The molecule has 0 radical (unpaired) electrons. The Labute approximate surface area is 125 Å². The first-order valence-corrected chi connectivity index (χ1v) is 7.48. The van der Waals surface area contributed by atoms with Crippen LogP contribution in [0.2, 0.25) is 0 Å². The number of benzene rings is 1. The molecule has 1 unspecified atom stereocenters. The number of aryl methyl sites for hydroxylation is 1. The van der Waals surface area contributed by atoms with Crippen molar-refractivity contribution in [2.45, 2.75) is 37.8 Å². The molecule has 4 nitrogen and oxygen atoms in total. The summed E-state index contributed by atoms with van der Waals surface area (Å²) in [5, 5.41) is 0. The quantitative estimate of drug-likeness (QED) is 0.606. The first-order valence-electron chi connectivity index (χ1n) is 7.48. The van der Waals surface area contributed by atoms with Crippen LogP contribution in [0.3, 0.4) is 0 Å². The van der Waals surface area contributed by atoms with E-state index in [1.54, 1.807) is 0 Å². The summed E-state index contributed by atoms with van der Waals surface area (Å²) < 4.78 is 5.84. The molecule has 1 aliphatic carbocycles. The summed E-state index contributed by atoms with van der Waals surface area (Å²) in [5.41, 5.74) is 5.15. The van der Waals surface area contributed by atoms with E-state index in [0.717, 1.165) is 29.8 Å². The van der Waals surface area contributed by atoms with Crippen molar-refractivity contribution in [1.29, 1.82) is 0 Å². The third-order valence-electron chi connectivity index (χ3n) is 3.70. The largest absolute Gasteiger partial charge is 0.490 e. The number of nitrogens with zero attached hydrogens (tertiary/aromatic N) is 1. The van der Waals surface area contributed by atoms with Crippen LogP contribution in [0.25, 0.3) is 0 Å². The Kier molecular flexibility index (Phi) is 4.48. The van der Waals surface area contributed by atoms with Gasteiger partial charge < -0.3 is 4.74 Å². The van der Waals surface area contributed by atoms with Gasteiger partial charge in [-0.25, -0.2) is 0 Å². The highest BCUT2D eigenvalue weighted by Gasteiger charge is 2.23. The van der Waals surface area contributed by atoms with Crippen LogP contribution in [-0.2, 0) is 6.42 Å². The summed E-state index contributed by atoms with van der Waals surface area (Å²) in [6.07, 6.45) is 6.37. The Morgan fingerprint density at radius 2 is 2.14 bits per heavy atom. The number of nitrogens with two attached hydrogens (primary N) is 1. The zero-order valence-corrected chi connectivity index (χ0v) is 12.0. The van der Waals surface area contributed by atoms with Crippen LogP contribution in [0.4, 0.5) is 0 Å². The number of nitrogens with one attached hydrogen (secondary N) is 1. The van der Waals surface area contributed by atoms with Crippen LogP contribution in [0.15, 0.2) is 48.7 Å². The monoisotopic (exact) mass is 283 g/mol. The van der Waals surface area contributed by atoms with Gasteiger partial charge in [0.1, 0.15) is 5.75 Å². The Bertz CT molecular complexity index is 569. The summed E-state index contributed by atoms with van der Waals surface area (Å²) in [5.74, 6) is 6.66. The number of ether oxygens (including phenoxy) is 1. The summed E-state index contributed by atoms with van der Waals surface area (Å²) in [6, 6.07) is 14.3. The Morgan fingerprint density at radius 3 is 2.86 bits per heavy atom. The molecule has 0 bridgehead atoms. The van der Waals surface area contributed by atoms with Crippen LogP contribution in [0, 0.1) is 0 Å². The van der Waals surface area contributed by atoms with Crippen molar-refractivity contribution in [3.63, 3.8) is 0 Å². The fourth-order valence-corrected chi connectivity index (χ4v) is 2.37. The van der Waals surface area contributed by atoms with E-state index < -0.39 is 0 Å². The SMILES string of the molecule is NNC(CCc1ccccn1)c1cccc(OC2CC2)c1. The molecule has 1 atom stereocenters. The van der Waals surface area contributed by atoms with E-state index in [1.165, 1.54) is 12.8 Å². The van der Waals surface area contributed by atoms with Gasteiger partial charge in [-0.2, -0.15) is 0 Å². The van der Waals surface area contributed by atoms with E-state index in [1.807, 2.05) is 36.5 Å². The van der Waals surface area contributed by atoms with E-state index in [2.05, 4.69) is 22.5 Å². The minimum atomic E-state index is 0.106. The molecule has 3 N–H and O–H groups in total. The van der Waals surface area contributed by atoms with Gasteiger partial charge in [0.15, 0.2) is 0 Å². The first-order chi connectivity index (χ1) is 10.3. The highest BCUT2D eigenvalue weighted by molar-refractivity contribution is 5.31. The van der Waals surface area contributed by atoms with Crippen molar-refractivity contribution >= 4 is 0 Å². The van der Waals surface area contributed by atoms with Gasteiger partial charge in [0.2, 0.25) is 0 Å². The fraction of sp³-hybridized carbons (Fsp3) is 0.353. The maximum Gasteiger partial charge on any atom is 0.120 e. The molecule has 0 aliphatic heterocycles. The zero-order valence-electron chi connectivity index (χ0n) is 12.0. The molecule has 0 saturated heterocycles. The number of rotatable bonds is 7. The molecule has 21 heavy (non-hydrogen) atoms. The summed E-state index contributed by atoms with van der Waals surface area (Å²) in [4.78, 5) is 4.35. The van der Waals surface area contributed by atoms with Gasteiger partial charge in [-0.3, -0.25) is 16.3 Å². The van der Waals surface area contributed by atoms with Gasteiger partial charge in [-0.05, 0) is 55.5 Å². The number of pyridine rings is 1. The molecule has 1 saturated carbocycles. The lowest BCUT2D eigenvalue weighted by Crippen LogP contribution is -2.28. The molecule has 110 valence electrons. The lowest BCUT2D eigenvalue weighted by atomic mass is 10.0. The highest BCUT2D eigenvalue weighted by atomic mass is 16.5. The van der Waals surface area contributed by atoms with Gasteiger partial charge in [0.25, 0.3) is 0 Å². The fourth-order valence-electron chi connectivity index (χ4n) is 2.37. The molecule has 2 aromatic rings. The highest BCUT2D eigenvalue weighted by Crippen LogP contribution is 2.29. The lowest BCUT2D eigenvalue weighted by Gasteiger charge is -2.17. The Hall–Kier alpha value is -1.91. The number of aromatic nitrogens is 1. The average molecular weight is 283 g/mol. The van der Waals surface area contributed by atoms with Gasteiger partial charge in [-0.1, -0.05) is 18.2 Å². The minimum absolute atomic E-state index is 0.106. The third-order valence-corrected chi connectivity index (χ3v) is 3.70. The Balaban J connectivity index is 1.64. The molecule has 1 aromatic carbocycles. The smallest absolute Gasteiger partial charge is 0.120 e. The minimum Gasteiger partial charge on any atom is -0.490 e. The van der Waals surface area contributed by atoms with E-state index in [9.17, 15) is 0 Å². The van der Waals surface area contributed by atoms with Crippen molar-refractivity contribution in [3.8, 4) is 5.75 Å². The number of hydrogen-bond donors (Lipinski definition) is 2. The maximum atomic E-state index is 5.84. The molecule has 1 heterocycles. The van der Waals surface area contributed by atoms with E-state index in [0.29, 0.717) is 6.10 Å². The summed E-state index contributed by atoms with van der Waals surface area (Å²) in [7, 11) is 0. The zero-order chi connectivity index (χ0) is 14.5. The van der Waals surface area contributed by atoms with Crippen LogP contribution < -0.4 is 16.0 Å². The molecule has 0 amide bonds. The molecular formula is C17H21N3O. The molecule has 1 aliphatic rings. The van der Waals surface area contributed by atoms with Crippen LogP contribution in [0.5, 0.6) is 5.75 Å². The third kappa shape index (κ3) is 4.03. The maximum absolute atomic E-state index is 5.84. The van der Waals surface area contributed by atoms with Crippen molar-refractivity contribution in [2.75, 3.05) is 0 Å². The molecular weight excluding hydrogens is 262 g/mol. The van der Waals surface area contributed by atoms with Gasteiger partial charge >= 0.3 is 0 Å². The first kappa shape index (κ1) is 14.0. The van der Waals surface area contributed by atoms with Crippen molar-refractivity contribution in [3.05, 3.63) is 59.9 Å². The number of hydrogen-bond acceptors (Lipinski definition) is 4. The van der Waals surface area contributed by atoms with E-state index in [4.69, 9.17) is 10.6 Å². The molecule has 4 heteroatoms. The lowest BCUT2D eigenvalue weighted by molar-refractivity contribution is 0.302. The molecule has 0 spiro atoms. The molecule has 1 fully saturated rings. The average Bonchev–Trinajstić information content (AvgIpc) is 3.33. The van der Waals surface area contributed by atoms with Gasteiger partial charge in [0.05, 0.1) is 6.10 Å². The normalized spacial score (nSPS) is 15.7. The van der Waals surface area contributed by atoms with Crippen molar-refractivity contribution in [1.82, 2.24) is 10.4 Å². The van der Waals surface area contributed by atoms with Crippen molar-refractivity contribution in [2.24, 2.45) is 5.84 Å². The van der Waals surface area contributed by atoms with Crippen molar-refractivity contribution < 1.29 is 4.74 Å². The number of hydrazine groups is 1. The van der Waals surface area contributed by atoms with Gasteiger partial charge in [-0.15, -0.1) is 0 Å². The predicted octanol–water partition coefficient (Wildman–Crippen LogP) is 2.76. The second-order valence-electron chi connectivity index (χ2n) is 5.47. The second kappa shape index (κ2) is 6.70. The topological polar surface area (TPSA) is 60.2 Å². The van der Waals surface area contributed by atoms with Crippen LogP contribution in [-0.4, -0.2) is 11.1 Å². The Morgan fingerprint density at radius 1 is 1.24 bits per heavy atom. The molecule has 1 aromatic heterocycles. The van der Waals surface area contributed by atoms with E-state index >= 15 is 0 Å². The second-order valence-corrected chi connectivity index (χ2v) is 5.47. The standard InChI is InChI=1S/C17H21N3O/c18-20-17(10-7-14-5-1-2-11-19-14)13-4-3-6-16(12-13)21-15-8-9-15/h1-6,11-12,15,17,20H,7-10,18H2. The summed E-state index contributed by atoms with van der Waals surface area (Å²) in [6.45, 7) is 0. The van der Waals surface area contributed by atoms with Crippen LogP contribution >= 0.6 is 0 Å². The van der Waals surface area contributed by atoms with E-state index in [-0.39, 0.29) is 6.04 Å². The van der Waals surface area contributed by atoms with Gasteiger partial charge in [0, 0.05) is 17.9 Å².